The molecule has 2 heteroatoms. The van der Waals surface area contributed by atoms with E-state index >= 15 is 0 Å². The fraction of sp³-hybridized carbons (Fsp3) is 0.300. The third kappa shape index (κ3) is 0.998. The van der Waals surface area contributed by atoms with Gasteiger partial charge in [0.1, 0.15) is 5.75 Å². The number of phenols is 1. The van der Waals surface area contributed by atoms with Crippen molar-refractivity contribution < 1.29 is 5.11 Å². The second kappa shape index (κ2) is 2.63. The molecule has 0 aromatic heterocycles. The van der Waals surface area contributed by atoms with Crippen LogP contribution in [0.15, 0.2) is 18.2 Å². The van der Waals surface area contributed by atoms with Crippen molar-refractivity contribution in [2.45, 2.75) is 19.3 Å². The zero-order chi connectivity index (χ0) is 8.55. The van der Waals surface area contributed by atoms with E-state index in [0.717, 1.165) is 30.4 Å². The van der Waals surface area contributed by atoms with E-state index in [9.17, 15) is 5.11 Å². The molecule has 1 aromatic rings. The van der Waals surface area contributed by atoms with Crippen LogP contribution in [0.4, 0.5) is 0 Å². The number of benzene rings is 1. The lowest BCUT2D eigenvalue weighted by molar-refractivity contribution is 0.466. The normalized spacial score (nSPS) is 15.8. The minimum absolute atomic E-state index is 0.344. The SMILES string of the molecule is N=C1CCCc2c(O)cccc21. The molecule has 2 nitrogen and oxygen atoms in total. The van der Waals surface area contributed by atoms with E-state index in [1.54, 1.807) is 12.1 Å². The van der Waals surface area contributed by atoms with Gasteiger partial charge in [0.25, 0.3) is 0 Å². The van der Waals surface area contributed by atoms with E-state index < -0.39 is 0 Å². The summed E-state index contributed by atoms with van der Waals surface area (Å²) < 4.78 is 0. The molecule has 2 N–H and O–H groups in total. The van der Waals surface area contributed by atoms with Crippen LogP contribution >= 0.6 is 0 Å². The summed E-state index contributed by atoms with van der Waals surface area (Å²) in [7, 11) is 0. The van der Waals surface area contributed by atoms with Crippen molar-refractivity contribution >= 4 is 5.71 Å². The molecule has 0 amide bonds. The molecular weight excluding hydrogens is 150 g/mol. The monoisotopic (exact) mass is 161 g/mol. The van der Waals surface area contributed by atoms with Crippen molar-refractivity contribution in [3.63, 3.8) is 0 Å². The zero-order valence-electron chi connectivity index (χ0n) is 6.80. The topological polar surface area (TPSA) is 44.1 Å². The Morgan fingerprint density at radius 1 is 1.25 bits per heavy atom. The maximum Gasteiger partial charge on any atom is 0.119 e. The first kappa shape index (κ1) is 7.35. The first-order chi connectivity index (χ1) is 5.79. The zero-order valence-corrected chi connectivity index (χ0v) is 6.80. The molecule has 1 aliphatic rings. The minimum atomic E-state index is 0.344. The lowest BCUT2D eigenvalue weighted by Crippen LogP contribution is -2.10. The molecule has 0 radical (unpaired) electrons. The molecule has 62 valence electrons. The Balaban J connectivity index is 2.59. The quantitative estimate of drug-likeness (QED) is 0.601. The van der Waals surface area contributed by atoms with Crippen molar-refractivity contribution in [3.8, 4) is 5.75 Å². The molecule has 0 aliphatic heterocycles. The van der Waals surface area contributed by atoms with Gasteiger partial charge in [-0.25, -0.2) is 0 Å². The van der Waals surface area contributed by atoms with Crippen LogP contribution in [-0.4, -0.2) is 10.8 Å². The van der Waals surface area contributed by atoms with E-state index in [2.05, 4.69) is 0 Å². The van der Waals surface area contributed by atoms with Gasteiger partial charge in [0.05, 0.1) is 0 Å². The van der Waals surface area contributed by atoms with Crippen LogP contribution in [0, 0.1) is 5.41 Å². The molecule has 0 heterocycles. The van der Waals surface area contributed by atoms with Gasteiger partial charge < -0.3 is 10.5 Å². The summed E-state index contributed by atoms with van der Waals surface area (Å²) in [6, 6.07) is 5.40. The van der Waals surface area contributed by atoms with Crippen LogP contribution in [-0.2, 0) is 6.42 Å². The third-order valence-corrected chi connectivity index (χ3v) is 2.33. The Kier molecular flexibility index (Phi) is 1.61. The second-order valence-corrected chi connectivity index (χ2v) is 3.14. The average Bonchev–Trinajstić information content (AvgIpc) is 2.07. The third-order valence-electron chi connectivity index (χ3n) is 2.33. The van der Waals surface area contributed by atoms with Crippen LogP contribution in [0.2, 0.25) is 0 Å². The van der Waals surface area contributed by atoms with Crippen LogP contribution < -0.4 is 0 Å². The first-order valence-corrected chi connectivity index (χ1v) is 4.17. The van der Waals surface area contributed by atoms with Crippen molar-refractivity contribution in [2.24, 2.45) is 0 Å². The Morgan fingerprint density at radius 3 is 2.83 bits per heavy atom. The van der Waals surface area contributed by atoms with Crippen molar-refractivity contribution in [2.75, 3.05) is 0 Å². The first-order valence-electron chi connectivity index (χ1n) is 4.17. The van der Waals surface area contributed by atoms with Gasteiger partial charge in [-0.2, -0.15) is 0 Å². The lowest BCUT2D eigenvalue weighted by atomic mass is 9.89. The van der Waals surface area contributed by atoms with Crippen LogP contribution in [0.25, 0.3) is 0 Å². The van der Waals surface area contributed by atoms with Gasteiger partial charge in [-0.1, -0.05) is 12.1 Å². The molecule has 0 atom stereocenters. The van der Waals surface area contributed by atoms with E-state index in [4.69, 9.17) is 5.41 Å². The Bertz CT molecular complexity index is 331. The highest BCUT2D eigenvalue weighted by molar-refractivity contribution is 6.00. The summed E-state index contributed by atoms with van der Waals surface area (Å²) in [4.78, 5) is 0. The highest BCUT2D eigenvalue weighted by Gasteiger charge is 2.15. The molecule has 0 saturated heterocycles. The number of aromatic hydroxyl groups is 1. The summed E-state index contributed by atoms with van der Waals surface area (Å²) in [6.07, 6.45) is 2.74. The predicted octanol–water partition coefficient (Wildman–Crippen LogP) is 2.10. The van der Waals surface area contributed by atoms with Gasteiger partial charge in [-0.15, -0.1) is 0 Å². The van der Waals surface area contributed by atoms with Crippen LogP contribution in [0.1, 0.15) is 24.0 Å². The average molecular weight is 161 g/mol. The van der Waals surface area contributed by atoms with Gasteiger partial charge in [0.15, 0.2) is 0 Å². The van der Waals surface area contributed by atoms with E-state index in [0.29, 0.717) is 11.5 Å². The second-order valence-electron chi connectivity index (χ2n) is 3.14. The maximum absolute atomic E-state index is 9.48. The fourth-order valence-corrected chi connectivity index (χ4v) is 1.70. The van der Waals surface area contributed by atoms with Gasteiger partial charge in [0.2, 0.25) is 0 Å². The van der Waals surface area contributed by atoms with Crippen LogP contribution in [0.3, 0.4) is 0 Å². The number of fused-ring (bicyclic) bond motifs is 1. The van der Waals surface area contributed by atoms with Gasteiger partial charge in [-0.05, 0) is 25.3 Å². The summed E-state index contributed by atoms with van der Waals surface area (Å²) in [5.41, 5.74) is 2.54. The standard InChI is InChI=1S/C10H11NO/c11-9-5-1-4-8-7(9)3-2-6-10(8)12/h2-3,6,11-12H,1,4-5H2. The molecule has 0 saturated carbocycles. The van der Waals surface area contributed by atoms with E-state index in [1.807, 2.05) is 6.07 Å². The highest BCUT2D eigenvalue weighted by atomic mass is 16.3. The summed E-state index contributed by atoms with van der Waals surface area (Å²) in [5, 5.41) is 17.1. The van der Waals surface area contributed by atoms with Crippen molar-refractivity contribution in [3.05, 3.63) is 29.3 Å². The molecule has 0 bridgehead atoms. The lowest BCUT2D eigenvalue weighted by Gasteiger charge is -2.17. The number of hydrogen-bond acceptors (Lipinski definition) is 2. The number of hydrogen-bond donors (Lipinski definition) is 2. The summed E-state index contributed by atoms with van der Waals surface area (Å²) >= 11 is 0. The predicted molar refractivity (Wildman–Crippen MR) is 47.9 cm³/mol. The fourth-order valence-electron chi connectivity index (χ4n) is 1.70. The Morgan fingerprint density at radius 2 is 2.08 bits per heavy atom. The number of nitrogens with one attached hydrogen (secondary N) is 1. The molecule has 12 heavy (non-hydrogen) atoms. The van der Waals surface area contributed by atoms with Crippen molar-refractivity contribution in [1.82, 2.24) is 0 Å². The Hall–Kier alpha value is -1.31. The molecule has 1 aliphatic carbocycles. The molecular formula is C10H11NO. The number of rotatable bonds is 0. The molecule has 0 unspecified atom stereocenters. The molecule has 0 spiro atoms. The highest BCUT2D eigenvalue weighted by Crippen LogP contribution is 2.28. The number of phenolic OH excluding ortho intramolecular Hbond substituents is 1. The van der Waals surface area contributed by atoms with Gasteiger partial charge >= 0.3 is 0 Å². The maximum atomic E-state index is 9.48. The summed E-state index contributed by atoms with van der Waals surface area (Å²) in [6.45, 7) is 0. The van der Waals surface area contributed by atoms with E-state index in [1.165, 1.54) is 0 Å². The van der Waals surface area contributed by atoms with Gasteiger partial charge in [0, 0.05) is 16.8 Å². The summed E-state index contributed by atoms with van der Waals surface area (Å²) in [5.74, 6) is 0.344. The molecule has 2 rings (SSSR count). The van der Waals surface area contributed by atoms with Crippen molar-refractivity contribution in [1.29, 1.82) is 5.41 Å². The van der Waals surface area contributed by atoms with Gasteiger partial charge in [-0.3, -0.25) is 0 Å². The Labute approximate surface area is 71.4 Å². The van der Waals surface area contributed by atoms with Crippen LogP contribution in [0.5, 0.6) is 5.75 Å². The molecule has 0 fully saturated rings. The van der Waals surface area contributed by atoms with E-state index in [-0.39, 0.29) is 0 Å². The smallest absolute Gasteiger partial charge is 0.119 e. The largest absolute Gasteiger partial charge is 0.508 e. The minimum Gasteiger partial charge on any atom is -0.508 e. The molecule has 1 aromatic carbocycles.